The van der Waals surface area contributed by atoms with Crippen molar-refractivity contribution in [3.8, 4) is 0 Å². The van der Waals surface area contributed by atoms with Gasteiger partial charge in [0.25, 0.3) is 0 Å². The zero-order valence-corrected chi connectivity index (χ0v) is 9.59. The molecular weight excluding hydrogens is 204 g/mol. The van der Waals surface area contributed by atoms with Gasteiger partial charge in [0.2, 0.25) is 0 Å². The van der Waals surface area contributed by atoms with Gasteiger partial charge in [0.15, 0.2) is 0 Å². The fourth-order valence-electron chi connectivity index (χ4n) is 1.07. The molecule has 0 aliphatic carbocycles. The molecule has 0 aromatic rings. The third-order valence-corrected chi connectivity index (χ3v) is 4.74. The quantitative estimate of drug-likeness (QED) is 0.413. The molecule has 1 rings (SSSR count). The van der Waals surface area contributed by atoms with Gasteiger partial charge < -0.3 is 4.74 Å². The van der Waals surface area contributed by atoms with Crippen molar-refractivity contribution in [3.63, 3.8) is 0 Å². The molecule has 1 unspecified atom stereocenters. The maximum atomic E-state index is 11.4. The molecule has 1 aliphatic heterocycles. The van der Waals surface area contributed by atoms with Crippen LogP contribution in [0.4, 0.5) is 0 Å². The molecule has 0 bridgehead atoms. The Morgan fingerprint density at radius 2 is 2.46 bits per heavy atom. The van der Waals surface area contributed by atoms with Gasteiger partial charge in [0.1, 0.15) is 5.25 Å². The van der Waals surface area contributed by atoms with E-state index in [1.165, 1.54) is 5.75 Å². The highest BCUT2D eigenvalue weighted by Gasteiger charge is 2.23. The molecule has 4 heteroatoms. The molecule has 1 saturated heterocycles. The number of ether oxygens (including phenoxy) is 1. The molecule has 0 radical (unpaired) electrons. The summed E-state index contributed by atoms with van der Waals surface area (Å²) in [7, 11) is 3.46. The lowest BCUT2D eigenvalue weighted by Crippen LogP contribution is -2.22. The van der Waals surface area contributed by atoms with Crippen molar-refractivity contribution >= 4 is 27.6 Å². The van der Waals surface area contributed by atoms with E-state index < -0.39 is 0 Å². The third kappa shape index (κ3) is 4.27. The Bertz CT molecular complexity index is 156. The molecule has 0 amide bonds. The van der Waals surface area contributed by atoms with Crippen LogP contribution in [0.3, 0.4) is 0 Å². The minimum atomic E-state index is -0.00866. The van der Waals surface area contributed by atoms with Gasteiger partial charge in [-0.3, -0.25) is 4.79 Å². The summed E-state index contributed by atoms with van der Waals surface area (Å²) in [6, 6.07) is 0. The Morgan fingerprint density at radius 3 is 3.08 bits per heavy atom. The van der Waals surface area contributed by atoms with Crippen LogP contribution in [0.1, 0.15) is 32.6 Å². The van der Waals surface area contributed by atoms with Gasteiger partial charge in [-0.15, -0.1) is 0 Å². The molecule has 1 fully saturated rings. The van der Waals surface area contributed by atoms with E-state index in [4.69, 9.17) is 4.74 Å². The smallest absolute Gasteiger partial charge is 0.319 e. The van der Waals surface area contributed by atoms with Crippen LogP contribution in [0.15, 0.2) is 0 Å². The average Bonchev–Trinajstić information content (AvgIpc) is 2.19. The van der Waals surface area contributed by atoms with Crippen molar-refractivity contribution in [3.05, 3.63) is 0 Å². The van der Waals surface area contributed by atoms with Crippen LogP contribution in [0.5, 0.6) is 0 Å². The Labute approximate surface area is 87.6 Å². The summed E-state index contributed by atoms with van der Waals surface area (Å²) in [5.74, 6) is 1.16. The van der Waals surface area contributed by atoms with Gasteiger partial charge >= 0.3 is 5.97 Å². The number of hydrogen-bond acceptors (Lipinski definition) is 4. The summed E-state index contributed by atoms with van der Waals surface area (Å²) in [5.41, 5.74) is 0. The molecule has 13 heavy (non-hydrogen) atoms. The van der Waals surface area contributed by atoms with E-state index >= 15 is 0 Å². The minimum Gasteiger partial charge on any atom is -0.465 e. The highest BCUT2D eigenvalue weighted by Crippen LogP contribution is 2.36. The van der Waals surface area contributed by atoms with Crippen molar-refractivity contribution in [1.82, 2.24) is 0 Å². The van der Waals surface area contributed by atoms with E-state index in [2.05, 4.69) is 6.92 Å². The Hall–Kier alpha value is 0.170. The highest BCUT2D eigenvalue weighted by molar-refractivity contribution is 8.77. The van der Waals surface area contributed by atoms with E-state index in [1.807, 2.05) is 0 Å². The molecule has 76 valence electrons. The summed E-state index contributed by atoms with van der Waals surface area (Å²) < 4.78 is 5.15. The van der Waals surface area contributed by atoms with Gasteiger partial charge in [-0.2, -0.15) is 0 Å². The van der Waals surface area contributed by atoms with Gasteiger partial charge in [-0.1, -0.05) is 34.9 Å². The summed E-state index contributed by atoms with van der Waals surface area (Å²) in [6.07, 6.45) is 4.20. The van der Waals surface area contributed by atoms with Gasteiger partial charge in [0.05, 0.1) is 6.61 Å². The first-order chi connectivity index (χ1) is 6.34. The van der Waals surface area contributed by atoms with Crippen molar-refractivity contribution < 1.29 is 9.53 Å². The summed E-state index contributed by atoms with van der Waals surface area (Å²) >= 11 is 0. The van der Waals surface area contributed by atoms with Gasteiger partial charge in [-0.05, 0) is 19.3 Å². The van der Waals surface area contributed by atoms with Crippen molar-refractivity contribution in [1.29, 1.82) is 0 Å². The first-order valence-electron chi connectivity index (χ1n) is 4.79. The Morgan fingerprint density at radius 1 is 1.62 bits per heavy atom. The third-order valence-electron chi connectivity index (χ3n) is 1.88. The molecular formula is C9H16O2S2. The van der Waals surface area contributed by atoms with E-state index in [1.54, 1.807) is 21.6 Å². The van der Waals surface area contributed by atoms with Crippen molar-refractivity contribution in [2.45, 2.75) is 37.9 Å². The van der Waals surface area contributed by atoms with E-state index in [0.717, 1.165) is 25.7 Å². The topological polar surface area (TPSA) is 26.3 Å². The van der Waals surface area contributed by atoms with Crippen molar-refractivity contribution in [2.24, 2.45) is 0 Å². The van der Waals surface area contributed by atoms with Crippen LogP contribution >= 0.6 is 21.6 Å². The Kier molecular flexibility index (Phi) is 5.71. The van der Waals surface area contributed by atoms with E-state index in [-0.39, 0.29) is 11.2 Å². The summed E-state index contributed by atoms with van der Waals surface area (Å²) in [5, 5.41) is 0.0932. The first kappa shape index (κ1) is 11.2. The standard InChI is InChI=1S/C9H16O2S2/c1-2-3-6-11-9(10)8-5-4-7-12-13-8/h8H,2-7H2,1H3. The monoisotopic (exact) mass is 220 g/mol. The number of rotatable bonds is 4. The molecule has 1 heterocycles. The second-order valence-corrected chi connectivity index (χ2v) is 5.76. The van der Waals surface area contributed by atoms with Crippen molar-refractivity contribution in [2.75, 3.05) is 12.4 Å². The molecule has 0 saturated carbocycles. The number of hydrogen-bond donors (Lipinski definition) is 0. The lowest BCUT2D eigenvalue weighted by molar-refractivity contribution is -0.143. The van der Waals surface area contributed by atoms with Crippen LogP contribution in [-0.4, -0.2) is 23.6 Å². The summed E-state index contributed by atoms with van der Waals surface area (Å²) in [4.78, 5) is 11.4. The Balaban J connectivity index is 2.13. The SMILES string of the molecule is CCCCOC(=O)C1CCCSS1. The van der Waals surface area contributed by atoms with Crippen LogP contribution in [0.25, 0.3) is 0 Å². The maximum absolute atomic E-state index is 11.4. The second kappa shape index (κ2) is 6.60. The van der Waals surface area contributed by atoms with Crippen LogP contribution in [-0.2, 0) is 9.53 Å². The highest BCUT2D eigenvalue weighted by atomic mass is 33.1. The molecule has 0 N–H and O–H groups in total. The molecule has 0 aromatic carbocycles. The number of esters is 1. The predicted octanol–water partition coefficient (Wildman–Crippen LogP) is 2.87. The second-order valence-electron chi connectivity index (χ2n) is 3.07. The van der Waals surface area contributed by atoms with Crippen LogP contribution < -0.4 is 0 Å². The molecule has 0 spiro atoms. The average molecular weight is 220 g/mol. The summed E-state index contributed by atoms with van der Waals surface area (Å²) in [6.45, 7) is 2.69. The maximum Gasteiger partial charge on any atom is 0.319 e. The lowest BCUT2D eigenvalue weighted by atomic mass is 10.2. The lowest BCUT2D eigenvalue weighted by Gasteiger charge is -2.18. The largest absolute Gasteiger partial charge is 0.465 e. The van der Waals surface area contributed by atoms with E-state index in [9.17, 15) is 4.79 Å². The van der Waals surface area contributed by atoms with Gasteiger partial charge in [0, 0.05) is 5.75 Å². The number of unbranched alkanes of at least 4 members (excludes halogenated alkanes) is 1. The molecule has 2 nitrogen and oxygen atoms in total. The molecule has 1 aliphatic rings. The number of carbonyl (C=O) groups is 1. The predicted molar refractivity (Wildman–Crippen MR) is 58.9 cm³/mol. The van der Waals surface area contributed by atoms with Crippen LogP contribution in [0.2, 0.25) is 0 Å². The number of carbonyl (C=O) groups excluding carboxylic acids is 1. The van der Waals surface area contributed by atoms with Gasteiger partial charge in [-0.25, -0.2) is 0 Å². The fourth-order valence-corrected chi connectivity index (χ4v) is 3.69. The zero-order valence-electron chi connectivity index (χ0n) is 7.95. The normalized spacial score (nSPS) is 22.7. The molecule has 0 aromatic heterocycles. The first-order valence-corrected chi connectivity index (χ1v) is 7.17. The van der Waals surface area contributed by atoms with E-state index in [0.29, 0.717) is 6.61 Å². The molecule has 1 atom stereocenters. The van der Waals surface area contributed by atoms with Crippen LogP contribution in [0, 0.1) is 0 Å². The minimum absolute atomic E-state index is 0.00866. The zero-order chi connectivity index (χ0) is 9.52. The fraction of sp³-hybridized carbons (Fsp3) is 0.889.